The molecule has 3 fully saturated rings. The molecule has 2 aliphatic heterocycles. The minimum absolute atomic E-state index is 0.485. The van der Waals surface area contributed by atoms with Crippen LogP contribution in [0.1, 0.15) is 55.8 Å². The predicted molar refractivity (Wildman–Crippen MR) is 100 cm³/mol. The van der Waals surface area contributed by atoms with Gasteiger partial charge in [-0.3, -0.25) is 4.90 Å². The average Bonchev–Trinajstić information content (AvgIpc) is 3.57. The molecule has 1 saturated heterocycles. The zero-order chi connectivity index (χ0) is 17.3. The molecule has 2 aliphatic carbocycles. The van der Waals surface area contributed by atoms with Crippen molar-refractivity contribution in [2.75, 3.05) is 39.5 Å². The summed E-state index contributed by atoms with van der Waals surface area (Å²) >= 11 is 0. The van der Waals surface area contributed by atoms with E-state index in [9.17, 15) is 0 Å². The van der Waals surface area contributed by atoms with Crippen molar-refractivity contribution in [3.8, 4) is 0 Å². The molecular formula is C21H33N3O2. The fraction of sp³-hybridized carbons (Fsp3) is 0.857. The molecular weight excluding hydrogens is 326 g/mol. The van der Waals surface area contributed by atoms with Gasteiger partial charge in [0.25, 0.3) is 0 Å². The molecule has 1 aromatic rings. The summed E-state index contributed by atoms with van der Waals surface area (Å²) in [7, 11) is 0. The molecule has 144 valence electrons. The Bertz CT molecular complexity index is 602. The van der Waals surface area contributed by atoms with Crippen molar-refractivity contribution >= 4 is 0 Å². The van der Waals surface area contributed by atoms with Crippen molar-refractivity contribution in [2.45, 2.75) is 57.5 Å². The van der Waals surface area contributed by atoms with E-state index >= 15 is 0 Å². The highest BCUT2D eigenvalue weighted by molar-refractivity contribution is 5.22. The van der Waals surface area contributed by atoms with Crippen molar-refractivity contribution in [2.24, 2.45) is 17.8 Å². The maximum atomic E-state index is 6.26. The van der Waals surface area contributed by atoms with Gasteiger partial charge < -0.3 is 14.0 Å². The van der Waals surface area contributed by atoms with Crippen LogP contribution in [0.4, 0.5) is 0 Å². The second-order valence-electron chi connectivity index (χ2n) is 9.10. The lowest BCUT2D eigenvalue weighted by Gasteiger charge is -2.33. The molecule has 5 rings (SSSR count). The Labute approximate surface area is 157 Å². The van der Waals surface area contributed by atoms with E-state index in [1.807, 2.05) is 0 Å². The number of ether oxygens (including phenoxy) is 2. The number of rotatable bonds is 8. The average molecular weight is 360 g/mol. The molecule has 26 heavy (non-hydrogen) atoms. The maximum Gasteiger partial charge on any atom is 0.0952 e. The fourth-order valence-electron chi connectivity index (χ4n) is 4.65. The normalized spacial score (nSPS) is 27.6. The van der Waals surface area contributed by atoms with Gasteiger partial charge in [-0.2, -0.15) is 0 Å². The number of aromatic nitrogens is 2. The molecule has 0 radical (unpaired) electrons. The van der Waals surface area contributed by atoms with Gasteiger partial charge >= 0.3 is 0 Å². The van der Waals surface area contributed by atoms with E-state index in [4.69, 9.17) is 14.5 Å². The summed E-state index contributed by atoms with van der Waals surface area (Å²) in [6, 6.07) is 0. The Kier molecular flexibility index (Phi) is 5.03. The van der Waals surface area contributed by atoms with Crippen molar-refractivity contribution in [1.29, 1.82) is 0 Å². The van der Waals surface area contributed by atoms with Gasteiger partial charge in [0, 0.05) is 57.6 Å². The van der Waals surface area contributed by atoms with Gasteiger partial charge in [-0.05, 0) is 56.3 Å². The summed E-state index contributed by atoms with van der Waals surface area (Å²) in [6.45, 7) is 8.17. The van der Waals surface area contributed by atoms with Gasteiger partial charge in [0.05, 0.1) is 18.6 Å². The molecule has 0 amide bonds. The molecule has 5 heteroatoms. The highest BCUT2D eigenvalue weighted by Gasteiger charge is 2.34. The van der Waals surface area contributed by atoms with Crippen LogP contribution in [0.25, 0.3) is 0 Å². The molecule has 5 nitrogen and oxygen atoms in total. The zero-order valence-corrected chi connectivity index (χ0v) is 15.9. The first kappa shape index (κ1) is 17.2. The smallest absolute Gasteiger partial charge is 0.0952 e. The van der Waals surface area contributed by atoms with Crippen molar-refractivity contribution < 1.29 is 9.47 Å². The first-order chi connectivity index (χ1) is 12.8. The number of imidazole rings is 1. The van der Waals surface area contributed by atoms with Crippen LogP contribution in [0.3, 0.4) is 0 Å². The van der Waals surface area contributed by atoms with Gasteiger partial charge in [0.1, 0.15) is 0 Å². The Morgan fingerprint density at radius 3 is 2.50 bits per heavy atom. The molecule has 0 spiro atoms. The van der Waals surface area contributed by atoms with Gasteiger partial charge in [-0.15, -0.1) is 0 Å². The van der Waals surface area contributed by atoms with Crippen LogP contribution in [0.15, 0.2) is 6.33 Å². The molecule has 1 atom stereocenters. The Balaban J connectivity index is 1.24. The van der Waals surface area contributed by atoms with Crippen molar-refractivity contribution in [3.05, 3.63) is 17.7 Å². The van der Waals surface area contributed by atoms with E-state index in [0.29, 0.717) is 11.8 Å². The van der Waals surface area contributed by atoms with Crippen LogP contribution in [0, 0.1) is 17.8 Å². The third-order valence-electron chi connectivity index (χ3n) is 6.58. The Hall–Kier alpha value is -0.910. The molecule has 0 bridgehead atoms. The minimum atomic E-state index is 0.485. The number of nitrogens with zero attached hydrogens (tertiary/aromatic N) is 3. The lowest BCUT2D eigenvalue weighted by atomic mass is 9.98. The lowest BCUT2D eigenvalue weighted by Crippen LogP contribution is -2.38. The van der Waals surface area contributed by atoms with E-state index in [-0.39, 0.29) is 0 Å². The lowest BCUT2D eigenvalue weighted by molar-refractivity contribution is 0.0128. The summed E-state index contributed by atoms with van der Waals surface area (Å²) in [5.41, 5.74) is 2.80. The van der Waals surface area contributed by atoms with Crippen LogP contribution in [-0.2, 0) is 22.6 Å². The number of fused-ring (bicyclic) bond motifs is 1. The van der Waals surface area contributed by atoms with Gasteiger partial charge in [0.15, 0.2) is 0 Å². The topological polar surface area (TPSA) is 39.5 Å². The van der Waals surface area contributed by atoms with Crippen molar-refractivity contribution in [3.63, 3.8) is 0 Å². The molecule has 4 aliphatic rings. The minimum Gasteiger partial charge on any atom is -0.381 e. The van der Waals surface area contributed by atoms with Crippen LogP contribution in [-0.4, -0.2) is 54.0 Å². The van der Waals surface area contributed by atoms with E-state index in [1.165, 1.54) is 50.2 Å². The highest BCUT2D eigenvalue weighted by atomic mass is 16.5. The highest BCUT2D eigenvalue weighted by Crippen LogP contribution is 2.36. The number of hydrogen-bond acceptors (Lipinski definition) is 4. The fourth-order valence-corrected chi connectivity index (χ4v) is 4.65. The standard InChI is InChI=1S/C21H33N3O2/c1-2-16(1)9-23-11-19(14-26-13-18-5-7-25-8-6-18)21-20(12-23)22-15-24(21)10-17-3-4-17/h15-19H,1-14H2/t19-/m0/s1. The van der Waals surface area contributed by atoms with Gasteiger partial charge in [-0.25, -0.2) is 4.98 Å². The monoisotopic (exact) mass is 359 g/mol. The summed E-state index contributed by atoms with van der Waals surface area (Å²) in [6.07, 6.45) is 10.0. The van der Waals surface area contributed by atoms with E-state index in [2.05, 4.69) is 15.8 Å². The second kappa shape index (κ2) is 7.61. The molecule has 3 heterocycles. The summed E-state index contributed by atoms with van der Waals surface area (Å²) < 4.78 is 14.2. The Morgan fingerprint density at radius 2 is 1.73 bits per heavy atom. The SMILES string of the molecule is c1nc2c(n1CC1CC1)[C@H](COCC1CCOCC1)CN(CC1CC1)C2. The first-order valence-corrected chi connectivity index (χ1v) is 10.8. The Morgan fingerprint density at radius 1 is 0.962 bits per heavy atom. The molecule has 0 N–H and O–H groups in total. The van der Waals surface area contributed by atoms with Crippen molar-refractivity contribution in [1.82, 2.24) is 14.5 Å². The molecule has 0 unspecified atom stereocenters. The van der Waals surface area contributed by atoms with Gasteiger partial charge in [-0.1, -0.05) is 0 Å². The number of hydrogen-bond donors (Lipinski definition) is 0. The maximum absolute atomic E-state index is 6.26. The predicted octanol–water partition coefficient (Wildman–Crippen LogP) is 3.05. The zero-order valence-electron chi connectivity index (χ0n) is 15.9. The second-order valence-corrected chi connectivity index (χ2v) is 9.10. The first-order valence-electron chi connectivity index (χ1n) is 10.8. The molecule has 1 aromatic heterocycles. The largest absolute Gasteiger partial charge is 0.381 e. The van der Waals surface area contributed by atoms with Crippen LogP contribution < -0.4 is 0 Å². The van der Waals surface area contributed by atoms with Crippen LogP contribution >= 0.6 is 0 Å². The molecule has 2 saturated carbocycles. The summed E-state index contributed by atoms with van der Waals surface area (Å²) in [5.74, 6) is 3.00. The molecule has 0 aromatic carbocycles. The van der Waals surface area contributed by atoms with Crippen LogP contribution in [0.2, 0.25) is 0 Å². The quantitative estimate of drug-likeness (QED) is 0.715. The van der Waals surface area contributed by atoms with E-state index in [1.54, 1.807) is 0 Å². The summed E-state index contributed by atoms with van der Waals surface area (Å²) in [5, 5.41) is 0. The van der Waals surface area contributed by atoms with E-state index in [0.717, 1.165) is 64.2 Å². The van der Waals surface area contributed by atoms with E-state index < -0.39 is 0 Å². The summed E-state index contributed by atoms with van der Waals surface area (Å²) in [4.78, 5) is 7.45. The van der Waals surface area contributed by atoms with Crippen LogP contribution in [0.5, 0.6) is 0 Å². The van der Waals surface area contributed by atoms with Gasteiger partial charge in [0.2, 0.25) is 0 Å². The third kappa shape index (κ3) is 4.15. The third-order valence-corrected chi connectivity index (χ3v) is 6.58.